The van der Waals surface area contributed by atoms with Crippen LogP contribution in [-0.2, 0) is 25.7 Å². The quantitative estimate of drug-likeness (QED) is 0.441. The van der Waals surface area contributed by atoms with Crippen molar-refractivity contribution >= 4 is 0 Å². The molecule has 0 fully saturated rings. The van der Waals surface area contributed by atoms with Gasteiger partial charge in [0.2, 0.25) is 5.75 Å². The van der Waals surface area contributed by atoms with Crippen LogP contribution in [0.15, 0.2) is 54.6 Å². The molecule has 0 heterocycles. The number of aromatic hydroxyl groups is 1. The average molecular weight is 391 g/mol. The summed E-state index contributed by atoms with van der Waals surface area (Å²) >= 11 is 0. The van der Waals surface area contributed by atoms with Gasteiger partial charge in [-0.25, -0.2) is 0 Å². The van der Waals surface area contributed by atoms with Crippen LogP contribution in [0.2, 0.25) is 0 Å². The fourth-order valence-corrected chi connectivity index (χ4v) is 3.79. The fourth-order valence-electron chi connectivity index (χ4n) is 3.79. The summed E-state index contributed by atoms with van der Waals surface area (Å²) < 4.78 is 12.5. The lowest BCUT2D eigenvalue weighted by atomic mass is 10.0. The van der Waals surface area contributed by atoms with Crippen molar-refractivity contribution in [2.75, 3.05) is 0 Å². The number of phenols is 1. The monoisotopic (exact) mass is 390 g/mol. The van der Waals surface area contributed by atoms with Gasteiger partial charge < -0.3 is 14.6 Å². The van der Waals surface area contributed by atoms with Gasteiger partial charge in [-0.1, -0.05) is 58.0 Å². The Morgan fingerprint density at radius 3 is 1.59 bits per heavy atom. The van der Waals surface area contributed by atoms with E-state index in [2.05, 4.69) is 39.8 Å². The van der Waals surface area contributed by atoms with Crippen molar-refractivity contribution in [1.82, 2.24) is 0 Å². The highest BCUT2D eigenvalue weighted by Gasteiger charge is 2.17. The molecule has 152 valence electrons. The molecule has 0 aliphatic heterocycles. The number of phenolic OH excluding ortho intramolecular Hbond substituents is 1. The summed E-state index contributed by atoms with van der Waals surface area (Å²) in [5.41, 5.74) is 4.88. The summed E-state index contributed by atoms with van der Waals surface area (Å²) in [6.45, 7) is 8.53. The van der Waals surface area contributed by atoms with Gasteiger partial charge in [-0.3, -0.25) is 0 Å². The Hall–Kier alpha value is -2.94. The second kappa shape index (κ2) is 9.51. The maximum absolute atomic E-state index is 10.5. The molecule has 3 rings (SSSR count). The van der Waals surface area contributed by atoms with Crippen LogP contribution in [0.4, 0.5) is 0 Å². The highest BCUT2D eigenvalue weighted by Crippen LogP contribution is 2.43. The van der Waals surface area contributed by atoms with Crippen LogP contribution in [0.1, 0.15) is 49.9 Å². The molecule has 3 heteroatoms. The molecule has 29 heavy (non-hydrogen) atoms. The van der Waals surface area contributed by atoms with E-state index in [1.54, 1.807) is 12.1 Å². The van der Waals surface area contributed by atoms with Gasteiger partial charge in [0.05, 0.1) is 0 Å². The number of ether oxygens (including phenoxy) is 2. The maximum atomic E-state index is 10.5. The predicted molar refractivity (Wildman–Crippen MR) is 119 cm³/mol. The average Bonchev–Trinajstić information content (AvgIpc) is 2.75. The minimum Gasteiger partial charge on any atom is -0.504 e. The van der Waals surface area contributed by atoms with Gasteiger partial charge >= 0.3 is 0 Å². The van der Waals surface area contributed by atoms with Crippen molar-refractivity contribution < 1.29 is 14.6 Å². The molecule has 0 saturated heterocycles. The zero-order valence-corrected chi connectivity index (χ0v) is 17.8. The third kappa shape index (κ3) is 4.40. The van der Waals surface area contributed by atoms with E-state index in [4.69, 9.17) is 9.47 Å². The van der Waals surface area contributed by atoms with E-state index in [0.717, 1.165) is 42.7 Å². The van der Waals surface area contributed by atoms with Gasteiger partial charge in [-0.05, 0) is 72.2 Å². The number of hydrogen-bond acceptors (Lipinski definition) is 3. The first-order chi connectivity index (χ1) is 14.1. The SMILES string of the molecule is CCc1cccc(Oc2cccc(O)c2Oc2cccc(CC)c2CC)c1CC. The summed E-state index contributed by atoms with van der Waals surface area (Å²) in [5, 5.41) is 10.5. The minimum absolute atomic E-state index is 0.0659. The van der Waals surface area contributed by atoms with Crippen LogP contribution in [0, 0.1) is 0 Å². The van der Waals surface area contributed by atoms with Gasteiger partial charge in [0, 0.05) is 0 Å². The summed E-state index contributed by atoms with van der Waals surface area (Å²) in [6.07, 6.45) is 3.64. The molecule has 0 bridgehead atoms. The zero-order valence-electron chi connectivity index (χ0n) is 17.8. The Labute approximate surface area is 173 Å². The molecule has 0 amide bonds. The van der Waals surface area contributed by atoms with E-state index in [0.29, 0.717) is 11.5 Å². The number of benzene rings is 3. The first kappa shape index (κ1) is 20.8. The molecule has 0 saturated carbocycles. The van der Waals surface area contributed by atoms with Crippen molar-refractivity contribution in [2.45, 2.75) is 53.4 Å². The van der Waals surface area contributed by atoms with Crippen LogP contribution in [-0.4, -0.2) is 5.11 Å². The van der Waals surface area contributed by atoms with E-state index in [-0.39, 0.29) is 5.75 Å². The Kier molecular flexibility index (Phi) is 6.82. The summed E-state index contributed by atoms with van der Waals surface area (Å²) in [6, 6.07) is 17.4. The van der Waals surface area contributed by atoms with Crippen LogP contribution in [0.3, 0.4) is 0 Å². The van der Waals surface area contributed by atoms with Crippen molar-refractivity contribution in [3.63, 3.8) is 0 Å². The van der Waals surface area contributed by atoms with Gasteiger partial charge in [0.15, 0.2) is 11.5 Å². The molecule has 3 nitrogen and oxygen atoms in total. The lowest BCUT2D eigenvalue weighted by Gasteiger charge is -2.18. The normalized spacial score (nSPS) is 10.8. The van der Waals surface area contributed by atoms with Crippen LogP contribution < -0.4 is 9.47 Å². The second-order valence-corrected chi connectivity index (χ2v) is 7.01. The maximum Gasteiger partial charge on any atom is 0.211 e. The largest absolute Gasteiger partial charge is 0.504 e. The second-order valence-electron chi connectivity index (χ2n) is 7.01. The first-order valence-corrected chi connectivity index (χ1v) is 10.5. The highest BCUT2D eigenvalue weighted by molar-refractivity contribution is 5.56. The Balaban J connectivity index is 2.02. The van der Waals surface area contributed by atoms with E-state index in [9.17, 15) is 5.11 Å². The minimum atomic E-state index is 0.0659. The molecule has 0 aliphatic carbocycles. The van der Waals surface area contributed by atoms with Crippen LogP contribution in [0.5, 0.6) is 28.7 Å². The van der Waals surface area contributed by atoms with Crippen molar-refractivity contribution in [3.05, 3.63) is 76.9 Å². The van der Waals surface area contributed by atoms with E-state index >= 15 is 0 Å². The topological polar surface area (TPSA) is 38.7 Å². The number of para-hydroxylation sites is 1. The molecule has 3 aromatic rings. The van der Waals surface area contributed by atoms with Gasteiger partial charge in [0.1, 0.15) is 11.5 Å². The summed E-state index contributed by atoms with van der Waals surface area (Å²) in [7, 11) is 0. The molecule has 1 N–H and O–H groups in total. The Bertz CT molecular complexity index is 976. The number of rotatable bonds is 8. The molecule has 0 radical (unpaired) electrons. The Morgan fingerprint density at radius 2 is 1.07 bits per heavy atom. The molecule has 0 unspecified atom stereocenters. The lowest BCUT2D eigenvalue weighted by molar-refractivity contribution is 0.378. The van der Waals surface area contributed by atoms with Gasteiger partial charge in [0.25, 0.3) is 0 Å². The molecular formula is C26H30O3. The third-order valence-electron chi connectivity index (χ3n) is 5.32. The van der Waals surface area contributed by atoms with Crippen molar-refractivity contribution in [2.24, 2.45) is 0 Å². The van der Waals surface area contributed by atoms with Crippen molar-refractivity contribution in [1.29, 1.82) is 0 Å². The molecule has 0 atom stereocenters. The van der Waals surface area contributed by atoms with Crippen LogP contribution >= 0.6 is 0 Å². The summed E-state index contributed by atoms with van der Waals surface area (Å²) in [4.78, 5) is 0. The van der Waals surface area contributed by atoms with E-state index in [1.807, 2.05) is 30.3 Å². The molecule has 0 aliphatic rings. The van der Waals surface area contributed by atoms with E-state index in [1.165, 1.54) is 16.7 Å². The lowest BCUT2D eigenvalue weighted by Crippen LogP contribution is -1.99. The van der Waals surface area contributed by atoms with Crippen molar-refractivity contribution in [3.8, 4) is 28.7 Å². The zero-order chi connectivity index (χ0) is 20.8. The molecule has 0 aromatic heterocycles. The van der Waals surface area contributed by atoms with E-state index < -0.39 is 0 Å². The fraction of sp³-hybridized carbons (Fsp3) is 0.308. The first-order valence-electron chi connectivity index (χ1n) is 10.5. The smallest absolute Gasteiger partial charge is 0.211 e. The Morgan fingerprint density at radius 1 is 0.586 bits per heavy atom. The van der Waals surface area contributed by atoms with Crippen LogP contribution in [0.25, 0.3) is 0 Å². The number of hydrogen-bond donors (Lipinski definition) is 1. The number of aryl methyl sites for hydroxylation is 2. The van der Waals surface area contributed by atoms with Gasteiger partial charge in [-0.15, -0.1) is 0 Å². The standard InChI is InChI=1S/C26H30O3/c1-5-18-12-9-15-23(20(18)7-3)28-25-17-11-14-22(27)26(25)29-24-16-10-13-19(6-2)21(24)8-4/h9-17,27H,5-8H2,1-4H3. The highest BCUT2D eigenvalue weighted by atomic mass is 16.5. The molecule has 3 aromatic carbocycles. The summed E-state index contributed by atoms with van der Waals surface area (Å²) in [5.74, 6) is 2.49. The molecular weight excluding hydrogens is 360 g/mol. The molecule has 0 spiro atoms. The predicted octanol–water partition coefficient (Wildman–Crippen LogP) is 7.23. The third-order valence-corrected chi connectivity index (χ3v) is 5.32. The van der Waals surface area contributed by atoms with Gasteiger partial charge in [-0.2, -0.15) is 0 Å².